The van der Waals surface area contributed by atoms with Gasteiger partial charge >= 0.3 is 0 Å². The van der Waals surface area contributed by atoms with Crippen molar-refractivity contribution >= 4 is 0 Å². The van der Waals surface area contributed by atoms with Crippen molar-refractivity contribution in [1.82, 2.24) is 4.98 Å². The van der Waals surface area contributed by atoms with E-state index < -0.39 is 0 Å². The number of nitrogens with zero attached hydrogens (tertiary/aromatic N) is 1. The third kappa shape index (κ3) is 2.04. The summed E-state index contributed by atoms with van der Waals surface area (Å²) in [5, 5.41) is 0. The van der Waals surface area contributed by atoms with Gasteiger partial charge in [-0.2, -0.15) is 0 Å². The van der Waals surface area contributed by atoms with Gasteiger partial charge in [-0.05, 0) is 29.9 Å². The fraction of sp³-hybridized carbons (Fsp3) is 0.643. The van der Waals surface area contributed by atoms with Gasteiger partial charge in [0.15, 0.2) is 0 Å². The number of aromatic nitrogens is 1. The highest BCUT2D eigenvalue weighted by Crippen LogP contribution is 2.48. The van der Waals surface area contributed by atoms with Crippen LogP contribution in [0, 0.1) is 5.41 Å². The monoisotopic (exact) mass is 234 g/mol. The van der Waals surface area contributed by atoms with Gasteiger partial charge in [0.1, 0.15) is 5.75 Å². The van der Waals surface area contributed by atoms with E-state index in [2.05, 4.69) is 18.8 Å². The highest BCUT2D eigenvalue weighted by atomic mass is 16.5. The molecule has 94 valence electrons. The maximum atomic E-state index is 6.69. The van der Waals surface area contributed by atoms with Crippen LogP contribution in [0.25, 0.3) is 0 Å². The Morgan fingerprint density at radius 1 is 1.24 bits per heavy atom. The molecule has 1 aromatic heterocycles. The number of ether oxygens (including phenoxy) is 1. The predicted molar refractivity (Wildman–Crippen MR) is 68.9 cm³/mol. The van der Waals surface area contributed by atoms with Crippen LogP contribution in [0.2, 0.25) is 0 Å². The number of methoxy groups -OCH3 is 1. The van der Waals surface area contributed by atoms with Crippen molar-refractivity contribution in [3.63, 3.8) is 0 Å². The van der Waals surface area contributed by atoms with Crippen molar-refractivity contribution in [2.24, 2.45) is 11.1 Å². The lowest BCUT2D eigenvalue weighted by molar-refractivity contribution is 0.0973. The molecule has 0 spiro atoms. The molecule has 3 nitrogen and oxygen atoms in total. The average molecular weight is 234 g/mol. The molecule has 1 heterocycles. The Kier molecular flexibility index (Phi) is 3.13. The number of nitrogens with two attached hydrogens (primary N) is 1. The first-order valence-corrected chi connectivity index (χ1v) is 6.28. The fourth-order valence-corrected chi connectivity index (χ4v) is 2.84. The van der Waals surface area contributed by atoms with E-state index >= 15 is 0 Å². The second-order valence-electron chi connectivity index (χ2n) is 5.68. The smallest absolute Gasteiger partial charge is 0.137 e. The molecule has 0 radical (unpaired) electrons. The van der Waals surface area contributed by atoms with Crippen LogP contribution in [0.4, 0.5) is 0 Å². The van der Waals surface area contributed by atoms with Crippen LogP contribution in [-0.2, 0) is 5.54 Å². The second-order valence-corrected chi connectivity index (χ2v) is 5.68. The average Bonchev–Trinajstić information content (AvgIpc) is 2.33. The highest BCUT2D eigenvalue weighted by molar-refractivity contribution is 5.31. The van der Waals surface area contributed by atoms with Gasteiger partial charge in [-0.15, -0.1) is 0 Å². The number of hydrogen-bond acceptors (Lipinski definition) is 3. The van der Waals surface area contributed by atoms with E-state index in [0.29, 0.717) is 0 Å². The molecule has 0 aromatic carbocycles. The van der Waals surface area contributed by atoms with Crippen LogP contribution in [0.5, 0.6) is 5.75 Å². The molecule has 1 atom stereocenters. The summed E-state index contributed by atoms with van der Waals surface area (Å²) in [4.78, 5) is 4.24. The normalized spacial score (nSPS) is 27.8. The molecule has 2 rings (SSSR count). The molecule has 17 heavy (non-hydrogen) atoms. The second kappa shape index (κ2) is 4.30. The summed E-state index contributed by atoms with van der Waals surface area (Å²) in [7, 11) is 1.66. The number of hydrogen-bond donors (Lipinski definition) is 1. The Morgan fingerprint density at radius 2 is 1.94 bits per heavy atom. The van der Waals surface area contributed by atoms with Crippen molar-refractivity contribution in [3.05, 3.63) is 24.0 Å². The SMILES string of the molecule is COc1cncc(C2(N)CCCCC2(C)C)c1. The van der Waals surface area contributed by atoms with Gasteiger partial charge in [-0.25, -0.2) is 0 Å². The van der Waals surface area contributed by atoms with Gasteiger partial charge in [0.05, 0.1) is 13.3 Å². The molecule has 2 N–H and O–H groups in total. The first-order valence-electron chi connectivity index (χ1n) is 6.28. The van der Waals surface area contributed by atoms with Crippen LogP contribution in [0.15, 0.2) is 18.5 Å². The third-order valence-corrected chi connectivity index (χ3v) is 4.29. The summed E-state index contributed by atoms with van der Waals surface area (Å²) >= 11 is 0. The Balaban J connectivity index is 2.41. The van der Waals surface area contributed by atoms with Crippen LogP contribution in [-0.4, -0.2) is 12.1 Å². The van der Waals surface area contributed by atoms with Crippen LogP contribution in [0.3, 0.4) is 0 Å². The van der Waals surface area contributed by atoms with E-state index in [9.17, 15) is 0 Å². The first kappa shape index (κ1) is 12.4. The quantitative estimate of drug-likeness (QED) is 0.856. The molecule has 1 aromatic rings. The molecular formula is C14H22N2O. The van der Waals surface area contributed by atoms with Crippen molar-refractivity contribution in [2.75, 3.05) is 7.11 Å². The Morgan fingerprint density at radius 3 is 2.59 bits per heavy atom. The van der Waals surface area contributed by atoms with Gasteiger partial charge < -0.3 is 10.5 Å². The Bertz CT molecular complexity index is 403. The summed E-state index contributed by atoms with van der Waals surface area (Å²) in [6, 6.07) is 2.03. The number of rotatable bonds is 2. The summed E-state index contributed by atoms with van der Waals surface area (Å²) in [5.74, 6) is 0.786. The summed E-state index contributed by atoms with van der Waals surface area (Å²) in [6.07, 6.45) is 8.26. The summed E-state index contributed by atoms with van der Waals surface area (Å²) in [5.41, 5.74) is 7.61. The molecule has 3 heteroatoms. The largest absolute Gasteiger partial charge is 0.495 e. The fourth-order valence-electron chi connectivity index (χ4n) is 2.84. The van der Waals surface area contributed by atoms with Crippen LogP contribution < -0.4 is 10.5 Å². The lowest BCUT2D eigenvalue weighted by atomic mass is 9.61. The lowest BCUT2D eigenvalue weighted by Crippen LogP contribution is -2.51. The maximum absolute atomic E-state index is 6.69. The molecule has 0 saturated heterocycles. The Labute approximate surface area is 103 Å². The van der Waals surface area contributed by atoms with Crippen molar-refractivity contribution in [2.45, 2.75) is 45.1 Å². The van der Waals surface area contributed by atoms with Gasteiger partial charge in [0.2, 0.25) is 0 Å². The zero-order chi connectivity index (χ0) is 12.5. The molecule has 0 bridgehead atoms. The summed E-state index contributed by atoms with van der Waals surface area (Å²) in [6.45, 7) is 4.51. The lowest BCUT2D eigenvalue weighted by Gasteiger charge is -2.48. The van der Waals surface area contributed by atoms with E-state index in [1.165, 1.54) is 19.3 Å². The van der Waals surface area contributed by atoms with Gasteiger partial charge in [-0.3, -0.25) is 4.98 Å². The Hall–Kier alpha value is -1.09. The zero-order valence-electron chi connectivity index (χ0n) is 11.0. The van der Waals surface area contributed by atoms with Crippen molar-refractivity contribution < 1.29 is 4.74 Å². The van der Waals surface area contributed by atoms with Gasteiger partial charge in [0, 0.05) is 11.7 Å². The molecule has 1 fully saturated rings. The van der Waals surface area contributed by atoms with Crippen molar-refractivity contribution in [3.8, 4) is 5.75 Å². The van der Waals surface area contributed by atoms with Crippen molar-refractivity contribution in [1.29, 1.82) is 0 Å². The summed E-state index contributed by atoms with van der Waals surface area (Å²) < 4.78 is 5.24. The van der Waals surface area contributed by atoms with Crippen LogP contribution >= 0.6 is 0 Å². The molecule has 0 amide bonds. The minimum absolute atomic E-state index is 0.110. The molecular weight excluding hydrogens is 212 g/mol. The highest BCUT2D eigenvalue weighted by Gasteiger charge is 2.45. The number of pyridine rings is 1. The minimum atomic E-state index is -0.285. The molecule has 1 aliphatic rings. The van der Waals surface area contributed by atoms with E-state index in [1.54, 1.807) is 13.3 Å². The zero-order valence-corrected chi connectivity index (χ0v) is 11.0. The van der Waals surface area contributed by atoms with E-state index in [0.717, 1.165) is 17.7 Å². The maximum Gasteiger partial charge on any atom is 0.137 e. The molecule has 1 aliphatic carbocycles. The predicted octanol–water partition coefficient (Wildman–Crippen LogP) is 2.84. The van der Waals surface area contributed by atoms with Gasteiger partial charge in [0.25, 0.3) is 0 Å². The van der Waals surface area contributed by atoms with E-state index in [4.69, 9.17) is 10.5 Å². The first-order chi connectivity index (χ1) is 7.99. The molecule has 0 aliphatic heterocycles. The molecule has 1 unspecified atom stereocenters. The standard InChI is InChI=1S/C14H22N2O/c1-13(2)6-4-5-7-14(13,15)11-8-12(17-3)10-16-9-11/h8-10H,4-7,15H2,1-3H3. The third-order valence-electron chi connectivity index (χ3n) is 4.29. The molecule has 1 saturated carbocycles. The van der Waals surface area contributed by atoms with E-state index in [-0.39, 0.29) is 11.0 Å². The van der Waals surface area contributed by atoms with E-state index in [1.807, 2.05) is 12.3 Å². The topological polar surface area (TPSA) is 48.1 Å². The van der Waals surface area contributed by atoms with Gasteiger partial charge in [-0.1, -0.05) is 26.7 Å². The minimum Gasteiger partial charge on any atom is -0.495 e. The van der Waals surface area contributed by atoms with Crippen LogP contribution in [0.1, 0.15) is 45.1 Å².